The number of nitrogens with zero attached hydrogens (tertiary/aromatic N) is 3. The van der Waals surface area contributed by atoms with E-state index in [1.165, 1.54) is 11.0 Å². The van der Waals surface area contributed by atoms with Gasteiger partial charge >= 0.3 is 12.2 Å². The molecule has 3 amide bonds. The van der Waals surface area contributed by atoms with Gasteiger partial charge in [-0.3, -0.25) is 14.4 Å². The van der Waals surface area contributed by atoms with Gasteiger partial charge in [-0.25, -0.2) is 14.6 Å². The first-order chi connectivity index (χ1) is 24.3. The summed E-state index contributed by atoms with van der Waals surface area (Å²) in [5.74, 6) is -2.09. The predicted molar refractivity (Wildman–Crippen MR) is 185 cm³/mol. The van der Waals surface area contributed by atoms with Gasteiger partial charge in [0.05, 0.1) is 12.6 Å². The summed E-state index contributed by atoms with van der Waals surface area (Å²) >= 11 is 0. The van der Waals surface area contributed by atoms with E-state index >= 15 is 0 Å². The average Bonchev–Trinajstić information content (AvgIpc) is 3.76. The van der Waals surface area contributed by atoms with E-state index in [0.29, 0.717) is 50.0 Å². The maximum atomic E-state index is 14.2. The van der Waals surface area contributed by atoms with E-state index in [0.717, 1.165) is 51.4 Å². The Kier molecular flexibility index (Phi) is 13.4. The number of ether oxygens (including phenoxy) is 2. The van der Waals surface area contributed by atoms with Crippen LogP contribution in [0, 0.1) is 5.92 Å². The Hall–Kier alpha value is -4.26. The summed E-state index contributed by atoms with van der Waals surface area (Å²) < 4.78 is 17.3. The number of hydrogen-bond donors (Lipinski definition) is 2. The van der Waals surface area contributed by atoms with Crippen molar-refractivity contribution in [3.05, 3.63) is 42.8 Å². The van der Waals surface area contributed by atoms with Gasteiger partial charge in [0.25, 0.3) is 5.89 Å². The number of oxazole rings is 1. The van der Waals surface area contributed by atoms with Gasteiger partial charge < -0.3 is 34.7 Å². The van der Waals surface area contributed by atoms with E-state index in [-0.39, 0.29) is 43.6 Å². The van der Waals surface area contributed by atoms with Crippen LogP contribution in [0.3, 0.4) is 0 Å². The van der Waals surface area contributed by atoms with Gasteiger partial charge in [-0.05, 0) is 82.9 Å². The molecule has 13 heteroatoms. The third-order valence-corrected chi connectivity index (χ3v) is 9.95. The van der Waals surface area contributed by atoms with Crippen molar-refractivity contribution in [3.8, 4) is 0 Å². The summed E-state index contributed by atoms with van der Waals surface area (Å²) in [4.78, 5) is 75.5. The molecule has 0 bridgehead atoms. The number of unbranched alkanes of at least 4 members (excludes halogenated alkanes) is 1. The first kappa shape index (κ1) is 37.0. The van der Waals surface area contributed by atoms with E-state index in [4.69, 9.17) is 19.6 Å². The van der Waals surface area contributed by atoms with Crippen molar-refractivity contribution in [1.29, 1.82) is 0 Å². The molecule has 3 fully saturated rings. The van der Waals surface area contributed by atoms with Crippen molar-refractivity contribution in [2.75, 3.05) is 26.2 Å². The van der Waals surface area contributed by atoms with Crippen LogP contribution in [-0.2, 0) is 19.1 Å². The quantitative estimate of drug-likeness (QED) is 0.141. The molecule has 2 saturated heterocycles. The molecular formula is C37H51N5O8. The number of piperidine rings is 1. The number of hydrogen-bond acceptors (Lipinski definition) is 10. The molecule has 13 nitrogen and oxygen atoms in total. The van der Waals surface area contributed by atoms with Crippen LogP contribution >= 0.6 is 0 Å². The predicted octanol–water partition coefficient (Wildman–Crippen LogP) is 5.31. The summed E-state index contributed by atoms with van der Waals surface area (Å²) in [7, 11) is 0. The molecule has 1 aromatic carbocycles. The van der Waals surface area contributed by atoms with Crippen molar-refractivity contribution >= 4 is 40.8 Å². The van der Waals surface area contributed by atoms with Crippen LogP contribution in [0.5, 0.6) is 0 Å². The number of carbonyl (C=O) groups is 5. The number of nitrogens with two attached hydrogens (primary N) is 1. The van der Waals surface area contributed by atoms with Crippen molar-refractivity contribution in [1.82, 2.24) is 20.1 Å². The largest absolute Gasteiger partial charge is 0.446 e. The molecular weight excluding hydrogens is 642 g/mol. The third kappa shape index (κ3) is 9.70. The minimum atomic E-state index is -1.04. The lowest BCUT2D eigenvalue weighted by molar-refractivity contribution is -0.139. The lowest BCUT2D eigenvalue weighted by atomic mass is 9.89. The second-order valence-corrected chi connectivity index (χ2v) is 13.7. The molecule has 5 rings (SSSR count). The molecule has 0 radical (unpaired) electrons. The van der Waals surface area contributed by atoms with E-state index < -0.39 is 48.0 Å². The Labute approximate surface area is 293 Å². The number of ketones is 2. The number of fused-ring (bicyclic) bond motifs is 1. The fourth-order valence-electron chi connectivity index (χ4n) is 7.22. The normalized spacial score (nSPS) is 21.0. The van der Waals surface area contributed by atoms with Crippen LogP contribution < -0.4 is 11.1 Å². The number of Topliss-reactive ketones (excluding diaryl/α,β-unsaturated/α-hetero) is 2. The zero-order valence-electron chi connectivity index (χ0n) is 28.9. The van der Waals surface area contributed by atoms with Gasteiger partial charge in [-0.1, -0.05) is 31.1 Å². The van der Waals surface area contributed by atoms with E-state index in [1.807, 2.05) is 0 Å². The third-order valence-electron chi connectivity index (χ3n) is 9.95. The molecule has 3 aliphatic rings. The number of amides is 3. The van der Waals surface area contributed by atoms with E-state index in [2.05, 4.69) is 16.9 Å². The molecule has 272 valence electrons. The van der Waals surface area contributed by atoms with Gasteiger partial charge in [0.2, 0.25) is 11.7 Å². The van der Waals surface area contributed by atoms with Crippen molar-refractivity contribution < 1.29 is 37.9 Å². The number of carbonyl (C=O) groups excluding carboxylic acids is 5. The molecule has 2 aromatic rings. The van der Waals surface area contributed by atoms with E-state index in [9.17, 15) is 24.0 Å². The highest BCUT2D eigenvalue weighted by atomic mass is 16.6. The molecule has 3 heterocycles. The maximum absolute atomic E-state index is 14.2. The van der Waals surface area contributed by atoms with Gasteiger partial charge in [0, 0.05) is 31.8 Å². The van der Waals surface area contributed by atoms with Gasteiger partial charge in [-0.15, -0.1) is 6.58 Å². The zero-order valence-corrected chi connectivity index (χ0v) is 28.9. The molecule has 1 saturated carbocycles. The standard InChI is InChI=1S/C37H51N5O8/c1-2-13-29(40-36(46)48-26-15-5-3-6-16-26)35(45)42-24-27(49-37(47)41-20-11-4-12-21-41)23-30(42)31(43)22-25(14-9-10-19-38)33(44)34-39-28-17-7-8-18-32(28)50-34/h2,7-8,17-18,25-27,29-30H,1,3-6,9-16,19-24,38H2,(H,40,46)/t25-,27-,29-,30+/m1/s1. The highest BCUT2D eigenvalue weighted by Crippen LogP contribution is 2.29. The van der Waals surface area contributed by atoms with Crippen LogP contribution in [-0.4, -0.2) is 94.9 Å². The molecule has 2 aliphatic heterocycles. The lowest BCUT2D eigenvalue weighted by Gasteiger charge is -2.29. The summed E-state index contributed by atoms with van der Waals surface area (Å²) in [6, 6.07) is 5.02. The molecule has 0 spiro atoms. The second kappa shape index (κ2) is 18.1. The number of para-hydroxylation sites is 2. The van der Waals surface area contributed by atoms with Gasteiger partial charge in [-0.2, -0.15) is 0 Å². The summed E-state index contributed by atoms with van der Waals surface area (Å²) in [5, 5.41) is 2.70. The smallest absolute Gasteiger partial charge is 0.410 e. The van der Waals surface area contributed by atoms with Gasteiger partial charge in [0.1, 0.15) is 23.8 Å². The number of likely N-dealkylation sites (tertiary alicyclic amines) is 2. The Bertz CT molecular complexity index is 1460. The maximum Gasteiger partial charge on any atom is 0.410 e. The van der Waals surface area contributed by atoms with Crippen molar-refractivity contribution in [2.24, 2.45) is 11.7 Å². The summed E-state index contributed by atoms with van der Waals surface area (Å²) in [6.07, 6.45) is 8.46. The average molecular weight is 694 g/mol. The number of nitrogens with one attached hydrogen (secondary N) is 1. The molecule has 3 N–H and O–H groups in total. The fourth-order valence-corrected chi connectivity index (χ4v) is 7.22. The number of rotatable bonds is 15. The van der Waals surface area contributed by atoms with Crippen LogP contribution in [0.4, 0.5) is 9.59 Å². The van der Waals surface area contributed by atoms with E-state index in [1.54, 1.807) is 29.2 Å². The van der Waals surface area contributed by atoms with Crippen LogP contribution in [0.1, 0.15) is 101 Å². The minimum absolute atomic E-state index is 0.0290. The zero-order chi connectivity index (χ0) is 35.5. The first-order valence-electron chi connectivity index (χ1n) is 18.2. The molecule has 0 unspecified atom stereocenters. The van der Waals surface area contributed by atoms with Crippen molar-refractivity contribution in [3.63, 3.8) is 0 Å². The second-order valence-electron chi connectivity index (χ2n) is 13.7. The number of benzene rings is 1. The number of alkyl carbamates (subject to hydrolysis) is 1. The molecule has 4 atom stereocenters. The molecule has 1 aliphatic carbocycles. The Morgan fingerprint density at radius 2 is 1.74 bits per heavy atom. The lowest BCUT2D eigenvalue weighted by Crippen LogP contribution is -2.52. The Morgan fingerprint density at radius 1 is 1.00 bits per heavy atom. The topological polar surface area (TPSA) is 174 Å². The molecule has 50 heavy (non-hydrogen) atoms. The highest BCUT2D eigenvalue weighted by Gasteiger charge is 2.44. The monoisotopic (exact) mass is 693 g/mol. The Morgan fingerprint density at radius 3 is 2.46 bits per heavy atom. The van der Waals surface area contributed by atoms with Gasteiger partial charge in [0.15, 0.2) is 11.4 Å². The number of aromatic nitrogens is 1. The van der Waals surface area contributed by atoms with Crippen LogP contribution in [0.25, 0.3) is 11.1 Å². The highest BCUT2D eigenvalue weighted by molar-refractivity contribution is 6.00. The molecule has 1 aromatic heterocycles. The fraction of sp³-hybridized carbons (Fsp3) is 0.622. The van der Waals surface area contributed by atoms with Crippen molar-refractivity contribution in [2.45, 2.75) is 114 Å². The van der Waals surface area contributed by atoms with Crippen LogP contribution in [0.15, 0.2) is 41.3 Å². The summed E-state index contributed by atoms with van der Waals surface area (Å²) in [5.41, 5.74) is 6.74. The first-order valence-corrected chi connectivity index (χ1v) is 18.2. The Balaban J connectivity index is 1.34. The minimum Gasteiger partial charge on any atom is -0.446 e. The summed E-state index contributed by atoms with van der Waals surface area (Å²) in [6.45, 7) is 5.36. The van der Waals surface area contributed by atoms with Crippen LogP contribution in [0.2, 0.25) is 0 Å². The SMILES string of the molecule is C=CC[C@@H](NC(=O)OC1CCCCC1)C(=O)N1C[C@H](OC(=O)N2CCCCC2)C[C@H]1C(=O)C[C@@H](CCCCN)C(=O)c1nc2ccccc2o1.